The van der Waals surface area contributed by atoms with Gasteiger partial charge in [-0.05, 0) is 72.2 Å². The number of nitrogens with one attached hydrogen (secondary N) is 1. The van der Waals surface area contributed by atoms with Crippen LogP contribution in [0.15, 0.2) is 78.5 Å². The van der Waals surface area contributed by atoms with E-state index < -0.39 is 5.91 Å². The van der Waals surface area contributed by atoms with Crippen LogP contribution in [-0.2, 0) is 10.2 Å². The third-order valence-corrected chi connectivity index (χ3v) is 6.65. The highest BCUT2D eigenvalue weighted by Crippen LogP contribution is 2.35. The zero-order valence-electron chi connectivity index (χ0n) is 23.3. The Labute approximate surface area is 226 Å². The monoisotopic (exact) mass is 513 g/mol. The molecule has 1 heterocycles. The lowest BCUT2D eigenvalue weighted by molar-refractivity contribution is -0.118. The fourth-order valence-corrected chi connectivity index (χ4v) is 4.54. The quantitative estimate of drug-likeness (QED) is 0.159. The number of pyridine rings is 1. The van der Waals surface area contributed by atoms with Gasteiger partial charge in [0.15, 0.2) is 0 Å². The minimum absolute atomic E-state index is 0.0878. The first kappa shape index (κ1) is 28.7. The Hall–Kier alpha value is -3.90. The molecule has 0 spiro atoms. The van der Waals surface area contributed by atoms with E-state index >= 15 is 0 Å². The molecule has 38 heavy (non-hydrogen) atoms. The SMILES string of the molecule is CC/C=C(/C=Cc1c(C)cccc1-c1ccccn1)C(=O)NN(O)c1cc(C(C)(C)CCC)ccc1OC. The molecule has 0 aliphatic rings. The molecule has 2 N–H and O–H groups in total. The summed E-state index contributed by atoms with van der Waals surface area (Å²) in [7, 11) is 1.54. The zero-order valence-corrected chi connectivity index (χ0v) is 23.3. The van der Waals surface area contributed by atoms with Gasteiger partial charge in [0, 0.05) is 17.3 Å². The number of nitrogens with zero attached hydrogens (tertiary/aromatic N) is 2. The highest BCUT2D eigenvalue weighted by Gasteiger charge is 2.23. The number of hydrazine groups is 1. The average molecular weight is 514 g/mol. The van der Waals surface area contributed by atoms with Crippen molar-refractivity contribution in [3.8, 4) is 17.0 Å². The van der Waals surface area contributed by atoms with Crippen molar-refractivity contribution < 1.29 is 14.7 Å². The molecule has 0 aliphatic carbocycles. The van der Waals surface area contributed by atoms with Crippen molar-refractivity contribution in [2.45, 2.75) is 59.3 Å². The molecule has 0 unspecified atom stereocenters. The molecule has 3 rings (SSSR count). The first-order valence-electron chi connectivity index (χ1n) is 13.1. The lowest BCUT2D eigenvalue weighted by Gasteiger charge is -2.27. The van der Waals surface area contributed by atoms with E-state index in [9.17, 15) is 10.0 Å². The van der Waals surface area contributed by atoms with E-state index in [1.807, 2.05) is 80.6 Å². The van der Waals surface area contributed by atoms with Crippen molar-refractivity contribution in [1.29, 1.82) is 0 Å². The van der Waals surface area contributed by atoms with Gasteiger partial charge in [-0.1, -0.05) is 76.6 Å². The summed E-state index contributed by atoms with van der Waals surface area (Å²) in [6, 6.07) is 17.5. The van der Waals surface area contributed by atoms with Gasteiger partial charge in [0.25, 0.3) is 5.91 Å². The Morgan fingerprint density at radius 3 is 2.58 bits per heavy atom. The van der Waals surface area contributed by atoms with Crippen LogP contribution in [0.1, 0.15) is 63.6 Å². The van der Waals surface area contributed by atoms with E-state index in [0.717, 1.165) is 46.0 Å². The van der Waals surface area contributed by atoms with Crippen LogP contribution in [-0.4, -0.2) is 23.2 Å². The summed E-state index contributed by atoms with van der Waals surface area (Å²) in [4.78, 5) is 17.8. The predicted octanol–water partition coefficient (Wildman–Crippen LogP) is 7.42. The standard InChI is InChI=1S/C32H39N3O3/c1-7-12-24(16-18-26-23(3)13-11-14-27(26)28-15-9-10-21-33-28)31(36)34-35(37)29-22-25(17-19-30(29)38-6)32(4,5)20-8-2/h9-19,21-22,37H,7-8,20H2,1-6H3,(H,34,36)/b18-16?,24-12-. The second-order valence-electron chi connectivity index (χ2n) is 9.93. The first-order chi connectivity index (χ1) is 18.2. The third kappa shape index (κ3) is 6.90. The van der Waals surface area contributed by atoms with E-state index in [2.05, 4.69) is 31.2 Å². The lowest BCUT2D eigenvalue weighted by atomic mass is 9.80. The van der Waals surface area contributed by atoms with E-state index in [1.54, 1.807) is 12.3 Å². The normalized spacial score (nSPS) is 12.0. The maximum absolute atomic E-state index is 13.3. The molecule has 0 atom stereocenters. The van der Waals surface area contributed by atoms with Gasteiger partial charge >= 0.3 is 0 Å². The summed E-state index contributed by atoms with van der Waals surface area (Å²) in [5, 5.41) is 11.7. The number of amides is 1. The lowest BCUT2D eigenvalue weighted by Crippen LogP contribution is -2.40. The number of aromatic nitrogens is 1. The smallest absolute Gasteiger partial charge is 0.271 e. The van der Waals surface area contributed by atoms with Gasteiger partial charge in [-0.2, -0.15) is 5.17 Å². The highest BCUT2D eigenvalue weighted by atomic mass is 16.5. The Kier molecular flexibility index (Phi) is 9.85. The second-order valence-corrected chi connectivity index (χ2v) is 9.93. The summed E-state index contributed by atoms with van der Waals surface area (Å²) in [5.41, 5.74) is 8.27. The van der Waals surface area contributed by atoms with Gasteiger partial charge < -0.3 is 4.74 Å². The fourth-order valence-electron chi connectivity index (χ4n) is 4.54. The van der Waals surface area contributed by atoms with Crippen LogP contribution in [0.3, 0.4) is 0 Å². The van der Waals surface area contributed by atoms with Gasteiger partial charge in [-0.25, -0.2) is 5.43 Å². The molecule has 0 fully saturated rings. The molecule has 3 aromatic rings. The average Bonchev–Trinajstić information content (AvgIpc) is 2.91. The van der Waals surface area contributed by atoms with Crippen LogP contribution in [0.25, 0.3) is 17.3 Å². The largest absolute Gasteiger partial charge is 0.494 e. The predicted molar refractivity (Wildman–Crippen MR) is 155 cm³/mol. The third-order valence-electron chi connectivity index (χ3n) is 6.65. The number of aryl methyl sites for hydroxylation is 1. The Morgan fingerprint density at radius 2 is 1.92 bits per heavy atom. The Bertz CT molecular complexity index is 1300. The van der Waals surface area contributed by atoms with Crippen molar-refractivity contribution in [1.82, 2.24) is 10.4 Å². The molecule has 200 valence electrons. The molecule has 0 aliphatic heterocycles. The number of methoxy groups -OCH3 is 1. The van der Waals surface area contributed by atoms with Gasteiger partial charge in [0.1, 0.15) is 11.4 Å². The maximum atomic E-state index is 13.3. The molecule has 0 saturated heterocycles. The summed E-state index contributed by atoms with van der Waals surface area (Å²) in [6.45, 7) is 10.5. The number of allylic oxidation sites excluding steroid dienone is 1. The molecule has 1 amide bonds. The van der Waals surface area contributed by atoms with Gasteiger partial charge in [-0.15, -0.1) is 0 Å². The van der Waals surface area contributed by atoms with Crippen LogP contribution < -0.4 is 15.3 Å². The van der Waals surface area contributed by atoms with Crippen molar-refractivity contribution in [2.24, 2.45) is 0 Å². The molecular weight excluding hydrogens is 474 g/mol. The summed E-state index contributed by atoms with van der Waals surface area (Å²) in [5.74, 6) is 0.0270. The number of benzene rings is 2. The minimum atomic E-state index is -0.432. The number of hydrogen-bond donors (Lipinski definition) is 2. The molecule has 6 nitrogen and oxygen atoms in total. The maximum Gasteiger partial charge on any atom is 0.271 e. The van der Waals surface area contributed by atoms with E-state index in [0.29, 0.717) is 23.4 Å². The number of hydrogen-bond acceptors (Lipinski definition) is 5. The van der Waals surface area contributed by atoms with Crippen LogP contribution >= 0.6 is 0 Å². The molecular formula is C32H39N3O3. The van der Waals surface area contributed by atoms with E-state index in [-0.39, 0.29) is 5.41 Å². The van der Waals surface area contributed by atoms with E-state index in [4.69, 9.17) is 4.74 Å². The van der Waals surface area contributed by atoms with Crippen LogP contribution in [0, 0.1) is 6.92 Å². The number of rotatable bonds is 11. The second kappa shape index (κ2) is 13.1. The molecule has 1 aromatic heterocycles. The van der Waals surface area contributed by atoms with E-state index in [1.165, 1.54) is 7.11 Å². The molecule has 0 bridgehead atoms. The molecule has 6 heteroatoms. The number of anilines is 1. The van der Waals surface area contributed by atoms with Crippen molar-refractivity contribution >= 4 is 17.7 Å². The highest BCUT2D eigenvalue weighted by molar-refractivity contribution is 5.98. The van der Waals surface area contributed by atoms with Crippen molar-refractivity contribution in [3.63, 3.8) is 0 Å². The van der Waals surface area contributed by atoms with Crippen LogP contribution in [0.4, 0.5) is 5.69 Å². The topological polar surface area (TPSA) is 74.7 Å². The summed E-state index contributed by atoms with van der Waals surface area (Å²) in [6.07, 6.45) is 9.98. The summed E-state index contributed by atoms with van der Waals surface area (Å²) < 4.78 is 5.47. The molecule has 0 saturated carbocycles. The molecule has 2 aromatic carbocycles. The Morgan fingerprint density at radius 1 is 1.13 bits per heavy atom. The fraction of sp³-hybridized carbons (Fsp3) is 0.312. The molecule has 0 radical (unpaired) electrons. The zero-order chi connectivity index (χ0) is 27.7. The van der Waals surface area contributed by atoms with Crippen LogP contribution in [0.5, 0.6) is 5.75 Å². The summed E-state index contributed by atoms with van der Waals surface area (Å²) >= 11 is 0. The Balaban J connectivity index is 1.89. The number of ether oxygens (including phenoxy) is 1. The van der Waals surface area contributed by atoms with Crippen LogP contribution in [0.2, 0.25) is 0 Å². The van der Waals surface area contributed by atoms with Gasteiger partial charge in [-0.3, -0.25) is 15.0 Å². The number of carbonyl (C=O) groups is 1. The van der Waals surface area contributed by atoms with Crippen molar-refractivity contribution in [3.05, 3.63) is 95.2 Å². The van der Waals surface area contributed by atoms with Gasteiger partial charge in [0.05, 0.1) is 12.8 Å². The van der Waals surface area contributed by atoms with Crippen molar-refractivity contribution in [2.75, 3.05) is 12.3 Å². The van der Waals surface area contributed by atoms with Gasteiger partial charge in [0.2, 0.25) is 0 Å². The number of carbonyl (C=O) groups excluding carboxylic acids is 1. The first-order valence-corrected chi connectivity index (χ1v) is 13.1. The minimum Gasteiger partial charge on any atom is -0.494 e.